The Balaban J connectivity index is 2.16. The van der Waals surface area contributed by atoms with Crippen molar-refractivity contribution in [2.45, 2.75) is 20.5 Å². The van der Waals surface area contributed by atoms with Gasteiger partial charge in [-0.05, 0) is 25.5 Å². The van der Waals surface area contributed by atoms with Crippen LogP contribution in [0.25, 0.3) is 0 Å². The predicted molar refractivity (Wildman–Crippen MR) is 74.6 cm³/mol. The van der Waals surface area contributed by atoms with Crippen LogP contribution < -0.4 is 16.0 Å². The Bertz CT molecular complexity index is 643. The van der Waals surface area contributed by atoms with Crippen LogP contribution in [0.15, 0.2) is 12.1 Å². The number of ether oxygens (including phenoxy) is 1. The smallest absolute Gasteiger partial charge is 0.276 e. The first-order chi connectivity index (χ1) is 9.51. The zero-order valence-corrected chi connectivity index (χ0v) is 11.7. The predicted octanol–water partition coefficient (Wildman–Crippen LogP) is 1.93. The average Bonchev–Trinajstić information content (AvgIpc) is 2.85. The number of aromatic nitrogens is 2. The van der Waals surface area contributed by atoms with Gasteiger partial charge in [-0.15, -0.1) is 10.2 Å². The van der Waals surface area contributed by atoms with Crippen LogP contribution in [0.4, 0.5) is 10.8 Å². The number of nitrogens with one attached hydrogen (secondary N) is 1. The third-order valence-corrected chi connectivity index (χ3v) is 3.46. The summed E-state index contributed by atoms with van der Waals surface area (Å²) in [6.45, 7) is 3.71. The molecule has 1 heterocycles. The lowest BCUT2D eigenvalue weighted by atomic mass is 10.1. The van der Waals surface area contributed by atoms with Gasteiger partial charge in [-0.3, -0.25) is 15.5 Å². The maximum atomic E-state index is 10.9. The summed E-state index contributed by atoms with van der Waals surface area (Å²) in [5, 5.41) is 19.7. The van der Waals surface area contributed by atoms with Crippen LogP contribution in [0.5, 0.6) is 5.75 Å². The van der Waals surface area contributed by atoms with Crippen molar-refractivity contribution in [1.82, 2.24) is 10.2 Å². The van der Waals surface area contributed by atoms with Crippen LogP contribution in [-0.2, 0) is 6.61 Å². The highest BCUT2D eigenvalue weighted by Crippen LogP contribution is 2.29. The minimum absolute atomic E-state index is 0.0344. The van der Waals surface area contributed by atoms with E-state index >= 15 is 0 Å². The first-order valence-electron chi connectivity index (χ1n) is 5.68. The molecule has 3 N–H and O–H groups in total. The second-order valence-electron chi connectivity index (χ2n) is 4.10. The molecule has 0 saturated carbocycles. The second kappa shape index (κ2) is 5.80. The molecular weight excluding hydrogens is 282 g/mol. The van der Waals surface area contributed by atoms with Gasteiger partial charge >= 0.3 is 0 Å². The molecule has 0 saturated heterocycles. The Hall–Kier alpha value is -2.26. The molecule has 20 heavy (non-hydrogen) atoms. The number of nitro benzene ring substituents is 1. The van der Waals surface area contributed by atoms with Crippen LogP contribution in [0.3, 0.4) is 0 Å². The van der Waals surface area contributed by atoms with Crippen molar-refractivity contribution in [1.29, 1.82) is 0 Å². The molecule has 0 aliphatic carbocycles. The zero-order chi connectivity index (χ0) is 14.7. The fourth-order valence-corrected chi connectivity index (χ4v) is 2.25. The third kappa shape index (κ3) is 3.00. The molecule has 2 rings (SSSR count). The fourth-order valence-electron chi connectivity index (χ4n) is 1.68. The number of nitrogens with two attached hydrogens (primary N) is 1. The molecule has 0 bridgehead atoms. The fraction of sp³-hybridized carbons (Fsp3) is 0.273. The molecule has 0 fully saturated rings. The van der Waals surface area contributed by atoms with E-state index in [0.29, 0.717) is 21.5 Å². The number of anilines is 1. The lowest BCUT2D eigenvalue weighted by Gasteiger charge is -2.08. The van der Waals surface area contributed by atoms with E-state index in [9.17, 15) is 10.1 Å². The molecule has 1 aromatic carbocycles. The van der Waals surface area contributed by atoms with E-state index in [-0.39, 0.29) is 12.3 Å². The van der Waals surface area contributed by atoms with Gasteiger partial charge in [-0.1, -0.05) is 11.3 Å². The van der Waals surface area contributed by atoms with E-state index in [0.717, 1.165) is 5.56 Å². The summed E-state index contributed by atoms with van der Waals surface area (Å²) in [4.78, 5) is 10.5. The first-order valence-corrected chi connectivity index (χ1v) is 6.50. The maximum absolute atomic E-state index is 10.9. The summed E-state index contributed by atoms with van der Waals surface area (Å²) in [7, 11) is 0. The molecule has 0 aliphatic heterocycles. The van der Waals surface area contributed by atoms with E-state index in [1.807, 2.05) is 6.92 Å². The molecule has 0 atom stereocenters. The van der Waals surface area contributed by atoms with Crippen molar-refractivity contribution in [3.05, 3.63) is 38.4 Å². The third-order valence-electron chi connectivity index (χ3n) is 2.63. The summed E-state index contributed by atoms with van der Waals surface area (Å²) >= 11 is 1.25. The van der Waals surface area contributed by atoms with E-state index in [1.54, 1.807) is 13.0 Å². The summed E-state index contributed by atoms with van der Waals surface area (Å²) in [6, 6.07) is 3.15. The second-order valence-corrected chi connectivity index (χ2v) is 5.16. The molecule has 0 radical (unpaired) electrons. The van der Waals surface area contributed by atoms with Gasteiger partial charge in [0, 0.05) is 5.56 Å². The van der Waals surface area contributed by atoms with E-state index in [2.05, 4.69) is 15.6 Å². The highest BCUT2D eigenvalue weighted by atomic mass is 32.1. The Morgan fingerprint density at radius 1 is 1.40 bits per heavy atom. The summed E-state index contributed by atoms with van der Waals surface area (Å²) in [5.41, 5.74) is 3.85. The number of rotatable bonds is 5. The van der Waals surface area contributed by atoms with Crippen LogP contribution >= 0.6 is 11.3 Å². The minimum atomic E-state index is -0.428. The lowest BCUT2D eigenvalue weighted by Crippen LogP contribution is -2.05. The van der Waals surface area contributed by atoms with Gasteiger partial charge in [0.25, 0.3) is 5.69 Å². The summed E-state index contributed by atoms with van der Waals surface area (Å²) in [5.74, 6) is 5.66. The highest BCUT2D eigenvalue weighted by Gasteiger charge is 2.15. The van der Waals surface area contributed by atoms with Crippen LogP contribution in [0.2, 0.25) is 0 Å². The molecule has 0 amide bonds. The van der Waals surface area contributed by atoms with Gasteiger partial charge in [0.15, 0.2) is 5.01 Å². The topological polar surface area (TPSA) is 116 Å². The molecule has 9 heteroatoms. The standard InChI is InChI=1S/C11H13N5O3S/c1-6-3-7(2)9(4-8(6)16(17)18)19-5-10-14-15-11(13-12)20-10/h3-4H,5,12H2,1-2H3,(H,13,15). The number of nitro groups is 1. The number of nitrogen functional groups attached to an aromatic ring is 1. The molecule has 0 unspecified atom stereocenters. The van der Waals surface area contributed by atoms with Crippen molar-refractivity contribution in [3.63, 3.8) is 0 Å². The Labute approximate surface area is 118 Å². The molecule has 0 spiro atoms. The SMILES string of the molecule is Cc1cc(C)c([N+](=O)[O-])cc1OCc1nnc(NN)s1. The van der Waals surface area contributed by atoms with Gasteiger partial charge < -0.3 is 4.74 Å². The van der Waals surface area contributed by atoms with E-state index < -0.39 is 4.92 Å². The maximum Gasteiger partial charge on any atom is 0.276 e. The highest BCUT2D eigenvalue weighted by molar-refractivity contribution is 7.15. The van der Waals surface area contributed by atoms with Gasteiger partial charge in [0.2, 0.25) is 5.13 Å². The van der Waals surface area contributed by atoms with Gasteiger partial charge in [-0.25, -0.2) is 5.84 Å². The van der Waals surface area contributed by atoms with Crippen molar-refractivity contribution in [2.75, 3.05) is 5.43 Å². The summed E-state index contributed by atoms with van der Waals surface area (Å²) < 4.78 is 5.56. The molecule has 2 aromatic rings. The number of benzene rings is 1. The summed E-state index contributed by atoms with van der Waals surface area (Å²) in [6.07, 6.45) is 0. The minimum Gasteiger partial charge on any atom is -0.486 e. The number of hydrazine groups is 1. The Kier molecular flexibility index (Phi) is 4.11. The quantitative estimate of drug-likeness (QED) is 0.491. The Morgan fingerprint density at radius 3 is 2.75 bits per heavy atom. The van der Waals surface area contributed by atoms with Crippen LogP contribution in [0, 0.1) is 24.0 Å². The van der Waals surface area contributed by atoms with Gasteiger partial charge in [0.1, 0.15) is 12.4 Å². The average molecular weight is 295 g/mol. The normalized spacial score (nSPS) is 10.3. The van der Waals surface area contributed by atoms with E-state index in [1.165, 1.54) is 17.4 Å². The Morgan fingerprint density at radius 2 is 2.15 bits per heavy atom. The number of nitrogens with zero attached hydrogens (tertiary/aromatic N) is 3. The molecular formula is C11H13N5O3S. The largest absolute Gasteiger partial charge is 0.486 e. The molecule has 1 aromatic heterocycles. The van der Waals surface area contributed by atoms with Crippen LogP contribution in [-0.4, -0.2) is 15.1 Å². The number of aryl methyl sites for hydroxylation is 2. The van der Waals surface area contributed by atoms with Crippen molar-refractivity contribution in [2.24, 2.45) is 5.84 Å². The molecule has 106 valence electrons. The van der Waals surface area contributed by atoms with E-state index in [4.69, 9.17) is 10.6 Å². The van der Waals surface area contributed by atoms with Gasteiger partial charge in [-0.2, -0.15) is 0 Å². The van der Waals surface area contributed by atoms with Crippen molar-refractivity contribution in [3.8, 4) is 5.75 Å². The first kappa shape index (κ1) is 14.2. The van der Waals surface area contributed by atoms with Crippen molar-refractivity contribution >= 4 is 22.2 Å². The number of hydrogen-bond acceptors (Lipinski definition) is 8. The van der Waals surface area contributed by atoms with Gasteiger partial charge in [0.05, 0.1) is 11.0 Å². The lowest BCUT2D eigenvalue weighted by molar-refractivity contribution is -0.385. The zero-order valence-electron chi connectivity index (χ0n) is 10.9. The molecule has 0 aliphatic rings. The van der Waals surface area contributed by atoms with Crippen LogP contribution in [0.1, 0.15) is 16.1 Å². The van der Waals surface area contributed by atoms with Crippen molar-refractivity contribution < 1.29 is 9.66 Å². The molecule has 8 nitrogen and oxygen atoms in total. The monoisotopic (exact) mass is 295 g/mol. The number of hydrogen-bond donors (Lipinski definition) is 2.